The molecule has 1 aliphatic heterocycles. The van der Waals surface area contributed by atoms with Gasteiger partial charge in [0.2, 0.25) is 0 Å². The lowest BCUT2D eigenvalue weighted by Gasteiger charge is -2.20. The minimum Gasteiger partial charge on any atom is -0.331 e. The van der Waals surface area contributed by atoms with Gasteiger partial charge in [0.05, 0.1) is 6.61 Å². The van der Waals surface area contributed by atoms with Crippen LogP contribution in [-0.4, -0.2) is 19.7 Å². The Morgan fingerprint density at radius 1 is 1.36 bits per heavy atom. The van der Waals surface area contributed by atoms with Crippen LogP contribution in [0.4, 0.5) is 0 Å². The van der Waals surface area contributed by atoms with E-state index in [1.165, 1.54) is 0 Å². The van der Waals surface area contributed by atoms with E-state index in [0.717, 1.165) is 5.56 Å². The highest BCUT2D eigenvalue weighted by Gasteiger charge is 2.37. The zero-order valence-electron chi connectivity index (χ0n) is 8.40. The van der Waals surface area contributed by atoms with Crippen LogP contribution in [0.5, 0.6) is 0 Å². The van der Waals surface area contributed by atoms with Crippen LogP contribution < -0.4 is 0 Å². The monoisotopic (exact) mass is 194 g/mol. The Morgan fingerprint density at radius 2 is 2.07 bits per heavy atom. The average molecular weight is 194 g/mol. The first kappa shape index (κ1) is 9.65. The Kier molecular flexibility index (Phi) is 2.54. The zero-order valence-corrected chi connectivity index (χ0v) is 8.40. The van der Waals surface area contributed by atoms with E-state index in [9.17, 15) is 0 Å². The van der Waals surface area contributed by atoms with Gasteiger partial charge in [0.15, 0.2) is 0 Å². The lowest BCUT2D eigenvalue weighted by molar-refractivity contribution is -0.314. The Balaban J connectivity index is 2.10. The minimum absolute atomic E-state index is 0.0267. The summed E-state index contributed by atoms with van der Waals surface area (Å²) < 4.78 is 16.2. The number of ether oxygens (including phenoxy) is 3. The topological polar surface area (TPSA) is 27.7 Å². The Morgan fingerprint density at radius 3 is 2.64 bits per heavy atom. The van der Waals surface area contributed by atoms with Crippen molar-refractivity contribution in [1.82, 2.24) is 0 Å². The second-order valence-electron chi connectivity index (χ2n) is 3.39. The standard InChI is InChI=1S/C11H14O3/c1-11(12-2)13-8-10(14-11)9-6-4-3-5-7-9/h3-7,10H,8H2,1-2H3. The highest BCUT2D eigenvalue weighted by molar-refractivity contribution is 5.18. The quantitative estimate of drug-likeness (QED) is 0.721. The summed E-state index contributed by atoms with van der Waals surface area (Å²) in [5.41, 5.74) is 1.12. The summed E-state index contributed by atoms with van der Waals surface area (Å²) in [6, 6.07) is 10.0. The van der Waals surface area contributed by atoms with E-state index < -0.39 is 5.97 Å². The molecular weight excluding hydrogens is 180 g/mol. The van der Waals surface area contributed by atoms with Crippen molar-refractivity contribution in [2.45, 2.75) is 19.0 Å². The summed E-state index contributed by atoms with van der Waals surface area (Å²) >= 11 is 0. The normalized spacial score (nSPS) is 32.0. The molecule has 0 aromatic heterocycles. The van der Waals surface area contributed by atoms with Crippen molar-refractivity contribution in [3.05, 3.63) is 35.9 Å². The van der Waals surface area contributed by atoms with Crippen LogP contribution in [0.25, 0.3) is 0 Å². The summed E-state index contributed by atoms with van der Waals surface area (Å²) in [7, 11) is 1.58. The third-order valence-corrected chi connectivity index (χ3v) is 2.40. The Hall–Kier alpha value is -0.900. The predicted octanol–water partition coefficient (Wildman–Crippen LogP) is 2.09. The molecule has 2 rings (SSSR count). The summed E-state index contributed by atoms with van der Waals surface area (Å²) in [5.74, 6) is -0.888. The van der Waals surface area contributed by atoms with Gasteiger partial charge in [0.1, 0.15) is 6.10 Å². The van der Waals surface area contributed by atoms with Crippen LogP contribution in [0.2, 0.25) is 0 Å². The number of hydrogen-bond donors (Lipinski definition) is 0. The van der Waals surface area contributed by atoms with E-state index in [2.05, 4.69) is 0 Å². The molecule has 1 aromatic carbocycles. The van der Waals surface area contributed by atoms with Crippen molar-refractivity contribution < 1.29 is 14.2 Å². The number of methoxy groups -OCH3 is 1. The first-order chi connectivity index (χ1) is 6.73. The van der Waals surface area contributed by atoms with E-state index >= 15 is 0 Å². The third-order valence-electron chi connectivity index (χ3n) is 2.40. The van der Waals surface area contributed by atoms with E-state index in [1.54, 1.807) is 14.0 Å². The first-order valence-corrected chi connectivity index (χ1v) is 4.65. The Bertz CT molecular complexity index is 299. The molecule has 0 amide bonds. The van der Waals surface area contributed by atoms with Gasteiger partial charge < -0.3 is 14.2 Å². The fraction of sp³-hybridized carbons (Fsp3) is 0.455. The highest BCUT2D eigenvalue weighted by Crippen LogP contribution is 2.33. The van der Waals surface area contributed by atoms with E-state index in [-0.39, 0.29) is 6.10 Å². The van der Waals surface area contributed by atoms with Crippen molar-refractivity contribution in [2.75, 3.05) is 13.7 Å². The maximum absolute atomic E-state index is 5.64. The van der Waals surface area contributed by atoms with Gasteiger partial charge in [-0.2, -0.15) is 0 Å². The molecule has 1 fully saturated rings. The molecule has 14 heavy (non-hydrogen) atoms. The van der Waals surface area contributed by atoms with Gasteiger partial charge in [-0.15, -0.1) is 0 Å². The van der Waals surface area contributed by atoms with Crippen LogP contribution in [0.15, 0.2) is 30.3 Å². The highest BCUT2D eigenvalue weighted by atomic mass is 16.9. The number of hydrogen-bond acceptors (Lipinski definition) is 3. The molecule has 1 aliphatic rings. The van der Waals surface area contributed by atoms with Gasteiger partial charge in [-0.3, -0.25) is 0 Å². The van der Waals surface area contributed by atoms with E-state index in [0.29, 0.717) is 6.61 Å². The maximum atomic E-state index is 5.64. The first-order valence-electron chi connectivity index (χ1n) is 4.65. The summed E-state index contributed by atoms with van der Waals surface area (Å²) in [4.78, 5) is 0. The molecule has 0 aliphatic carbocycles. The molecular formula is C11H14O3. The molecule has 1 aromatic rings. The van der Waals surface area contributed by atoms with E-state index in [4.69, 9.17) is 14.2 Å². The lowest BCUT2D eigenvalue weighted by atomic mass is 10.1. The summed E-state index contributed by atoms with van der Waals surface area (Å²) in [6.07, 6.45) is -0.0267. The van der Waals surface area contributed by atoms with Gasteiger partial charge in [0, 0.05) is 14.0 Å². The molecule has 0 saturated carbocycles. The summed E-state index contributed by atoms with van der Waals surface area (Å²) in [6.45, 7) is 2.31. The zero-order chi connectivity index (χ0) is 10.0. The van der Waals surface area contributed by atoms with Crippen LogP contribution in [0.1, 0.15) is 18.6 Å². The molecule has 0 N–H and O–H groups in total. The molecule has 1 heterocycles. The van der Waals surface area contributed by atoms with Gasteiger partial charge in [-0.25, -0.2) is 0 Å². The van der Waals surface area contributed by atoms with Crippen molar-refractivity contribution in [3.8, 4) is 0 Å². The maximum Gasteiger partial charge on any atom is 0.280 e. The van der Waals surface area contributed by atoms with Gasteiger partial charge in [-0.05, 0) is 5.56 Å². The Labute approximate surface area is 83.6 Å². The van der Waals surface area contributed by atoms with Crippen molar-refractivity contribution in [1.29, 1.82) is 0 Å². The predicted molar refractivity (Wildman–Crippen MR) is 51.6 cm³/mol. The van der Waals surface area contributed by atoms with Gasteiger partial charge >= 0.3 is 0 Å². The van der Waals surface area contributed by atoms with E-state index in [1.807, 2.05) is 30.3 Å². The van der Waals surface area contributed by atoms with Crippen molar-refractivity contribution in [2.24, 2.45) is 0 Å². The second kappa shape index (κ2) is 3.69. The largest absolute Gasteiger partial charge is 0.331 e. The van der Waals surface area contributed by atoms with Crippen molar-refractivity contribution >= 4 is 0 Å². The minimum atomic E-state index is -0.888. The SMILES string of the molecule is COC1(C)OCC(c2ccccc2)O1. The average Bonchev–Trinajstić information content (AvgIpc) is 2.63. The molecule has 3 heteroatoms. The smallest absolute Gasteiger partial charge is 0.280 e. The van der Waals surface area contributed by atoms with Crippen LogP contribution in [0.3, 0.4) is 0 Å². The molecule has 2 atom stereocenters. The lowest BCUT2D eigenvalue weighted by Crippen LogP contribution is -2.27. The van der Waals surface area contributed by atoms with Crippen molar-refractivity contribution in [3.63, 3.8) is 0 Å². The van der Waals surface area contributed by atoms with Crippen LogP contribution in [-0.2, 0) is 14.2 Å². The third kappa shape index (κ3) is 1.80. The summed E-state index contributed by atoms with van der Waals surface area (Å²) in [5, 5.41) is 0. The molecule has 76 valence electrons. The van der Waals surface area contributed by atoms with Crippen LogP contribution >= 0.6 is 0 Å². The fourth-order valence-corrected chi connectivity index (χ4v) is 1.49. The molecule has 2 unspecified atom stereocenters. The van der Waals surface area contributed by atoms with Gasteiger partial charge in [0.25, 0.3) is 5.97 Å². The number of benzene rings is 1. The molecule has 3 nitrogen and oxygen atoms in total. The molecule has 0 spiro atoms. The molecule has 0 radical (unpaired) electrons. The van der Waals surface area contributed by atoms with Gasteiger partial charge in [-0.1, -0.05) is 30.3 Å². The second-order valence-corrected chi connectivity index (χ2v) is 3.39. The number of rotatable bonds is 2. The molecule has 1 saturated heterocycles. The molecule has 0 bridgehead atoms. The van der Waals surface area contributed by atoms with Crippen LogP contribution in [0, 0.1) is 0 Å². The fourth-order valence-electron chi connectivity index (χ4n) is 1.49.